The maximum Gasteiger partial charge on any atom is 0.0307 e. The van der Waals surface area contributed by atoms with Gasteiger partial charge >= 0.3 is 0 Å². The van der Waals surface area contributed by atoms with Crippen LogP contribution in [0.1, 0.15) is 42.5 Å². The van der Waals surface area contributed by atoms with Crippen molar-refractivity contribution in [2.24, 2.45) is 5.73 Å². The number of benzene rings is 1. The number of hydrogen-bond acceptors (Lipinski definition) is 3. The predicted molar refractivity (Wildman–Crippen MR) is 90.6 cm³/mol. The molecule has 1 aromatic carbocycles. The van der Waals surface area contributed by atoms with E-state index in [4.69, 9.17) is 5.73 Å². The van der Waals surface area contributed by atoms with E-state index in [-0.39, 0.29) is 6.04 Å². The molecule has 1 aliphatic rings. The van der Waals surface area contributed by atoms with Gasteiger partial charge in [-0.2, -0.15) is 0 Å². The van der Waals surface area contributed by atoms with Gasteiger partial charge in [0.1, 0.15) is 0 Å². The second kappa shape index (κ2) is 7.39. The molecular weight excluding hydrogens is 258 g/mol. The van der Waals surface area contributed by atoms with Crippen LogP contribution in [0.2, 0.25) is 0 Å². The average molecular weight is 289 g/mol. The fourth-order valence-corrected chi connectivity index (χ4v) is 3.37. The minimum Gasteiger partial charge on any atom is -0.324 e. The molecule has 1 aromatic rings. The molecule has 2 unspecified atom stereocenters. The molecule has 1 saturated heterocycles. The molecule has 1 fully saturated rings. The van der Waals surface area contributed by atoms with Crippen molar-refractivity contribution >= 4 is 0 Å². The third-order valence-corrected chi connectivity index (χ3v) is 4.76. The summed E-state index contributed by atoms with van der Waals surface area (Å²) >= 11 is 0. The maximum atomic E-state index is 6.41. The highest BCUT2D eigenvalue weighted by Gasteiger charge is 2.22. The van der Waals surface area contributed by atoms with Crippen LogP contribution < -0.4 is 5.73 Å². The van der Waals surface area contributed by atoms with Gasteiger partial charge in [0.15, 0.2) is 0 Å². The Morgan fingerprint density at radius 3 is 2.48 bits per heavy atom. The lowest BCUT2D eigenvalue weighted by molar-refractivity contribution is 0.0911. The first-order valence-corrected chi connectivity index (χ1v) is 8.26. The summed E-state index contributed by atoms with van der Waals surface area (Å²) in [6.45, 7) is 11.2. The van der Waals surface area contributed by atoms with Crippen LogP contribution in [-0.2, 0) is 0 Å². The Labute approximate surface area is 130 Å². The first kappa shape index (κ1) is 16.5. The molecule has 2 atom stereocenters. The first-order chi connectivity index (χ1) is 9.99. The molecular formula is C18H31N3. The molecule has 21 heavy (non-hydrogen) atoms. The van der Waals surface area contributed by atoms with Crippen molar-refractivity contribution in [2.75, 3.05) is 33.2 Å². The SMILES string of the molecule is CCC1CN(CCC(N)c2cc(C)cc(C)c2)CCN1C. The molecule has 1 aliphatic heterocycles. The zero-order valence-electron chi connectivity index (χ0n) is 14.1. The molecule has 0 aliphatic carbocycles. The Morgan fingerprint density at radius 2 is 1.86 bits per heavy atom. The van der Waals surface area contributed by atoms with Crippen LogP contribution in [0.4, 0.5) is 0 Å². The molecule has 0 spiro atoms. The van der Waals surface area contributed by atoms with Gasteiger partial charge in [0.2, 0.25) is 0 Å². The minimum atomic E-state index is 0.156. The summed E-state index contributed by atoms with van der Waals surface area (Å²) in [5, 5.41) is 0. The molecule has 0 amide bonds. The monoisotopic (exact) mass is 289 g/mol. The number of likely N-dealkylation sites (N-methyl/N-ethyl adjacent to an activating group) is 1. The van der Waals surface area contributed by atoms with Gasteiger partial charge in [-0.1, -0.05) is 36.2 Å². The quantitative estimate of drug-likeness (QED) is 0.904. The zero-order chi connectivity index (χ0) is 15.4. The van der Waals surface area contributed by atoms with E-state index in [1.807, 2.05) is 0 Å². The molecule has 0 saturated carbocycles. The van der Waals surface area contributed by atoms with E-state index in [1.165, 1.54) is 42.7 Å². The van der Waals surface area contributed by atoms with Crippen LogP contribution in [-0.4, -0.2) is 49.1 Å². The van der Waals surface area contributed by atoms with Gasteiger partial charge in [0.25, 0.3) is 0 Å². The van der Waals surface area contributed by atoms with Crippen LogP contribution in [0.3, 0.4) is 0 Å². The van der Waals surface area contributed by atoms with Crippen molar-refractivity contribution in [3.8, 4) is 0 Å². The number of hydrogen-bond donors (Lipinski definition) is 1. The van der Waals surface area contributed by atoms with E-state index in [9.17, 15) is 0 Å². The second-order valence-corrected chi connectivity index (χ2v) is 6.66. The summed E-state index contributed by atoms with van der Waals surface area (Å²) < 4.78 is 0. The van der Waals surface area contributed by atoms with Crippen LogP contribution in [0, 0.1) is 13.8 Å². The van der Waals surface area contributed by atoms with Crippen molar-refractivity contribution in [3.63, 3.8) is 0 Å². The number of piperazine rings is 1. The third kappa shape index (κ3) is 4.53. The van der Waals surface area contributed by atoms with E-state index >= 15 is 0 Å². The normalized spacial score (nSPS) is 22.4. The molecule has 118 valence electrons. The topological polar surface area (TPSA) is 32.5 Å². The van der Waals surface area contributed by atoms with Gasteiger partial charge in [-0.3, -0.25) is 0 Å². The third-order valence-electron chi connectivity index (χ3n) is 4.76. The number of aryl methyl sites for hydroxylation is 2. The average Bonchev–Trinajstić information content (AvgIpc) is 2.45. The standard InChI is InChI=1S/C18H31N3/c1-5-17-13-21(9-8-20(17)4)7-6-18(19)16-11-14(2)10-15(3)12-16/h10-12,17-18H,5-9,13,19H2,1-4H3. The molecule has 3 heteroatoms. The van der Waals surface area contributed by atoms with Crippen molar-refractivity contribution < 1.29 is 0 Å². The van der Waals surface area contributed by atoms with Gasteiger partial charge in [0.05, 0.1) is 0 Å². The molecule has 0 aromatic heterocycles. The summed E-state index contributed by atoms with van der Waals surface area (Å²) in [5.41, 5.74) is 10.3. The lowest BCUT2D eigenvalue weighted by atomic mass is 9.99. The summed E-state index contributed by atoms with van der Waals surface area (Å²) in [5.74, 6) is 0. The lowest BCUT2D eigenvalue weighted by Crippen LogP contribution is -2.51. The molecule has 2 N–H and O–H groups in total. The highest BCUT2D eigenvalue weighted by Crippen LogP contribution is 2.19. The van der Waals surface area contributed by atoms with Gasteiger partial charge in [0, 0.05) is 38.3 Å². The summed E-state index contributed by atoms with van der Waals surface area (Å²) in [4.78, 5) is 5.07. The van der Waals surface area contributed by atoms with Crippen molar-refractivity contribution in [2.45, 2.75) is 45.7 Å². The van der Waals surface area contributed by atoms with Crippen LogP contribution >= 0.6 is 0 Å². The number of rotatable bonds is 5. The molecule has 0 radical (unpaired) electrons. The van der Waals surface area contributed by atoms with Crippen LogP contribution in [0.25, 0.3) is 0 Å². The number of nitrogens with two attached hydrogens (primary N) is 1. The molecule has 2 rings (SSSR count). The van der Waals surface area contributed by atoms with Crippen molar-refractivity contribution in [1.82, 2.24) is 9.80 Å². The largest absolute Gasteiger partial charge is 0.324 e. The van der Waals surface area contributed by atoms with Crippen molar-refractivity contribution in [3.05, 3.63) is 34.9 Å². The van der Waals surface area contributed by atoms with E-state index in [0.29, 0.717) is 6.04 Å². The Kier molecular flexibility index (Phi) is 5.80. The van der Waals surface area contributed by atoms with Gasteiger partial charge < -0.3 is 15.5 Å². The Bertz CT molecular complexity index is 438. The van der Waals surface area contributed by atoms with Gasteiger partial charge in [-0.25, -0.2) is 0 Å². The Hall–Kier alpha value is -0.900. The van der Waals surface area contributed by atoms with Crippen LogP contribution in [0.15, 0.2) is 18.2 Å². The Balaban J connectivity index is 1.87. The van der Waals surface area contributed by atoms with Crippen LogP contribution in [0.5, 0.6) is 0 Å². The predicted octanol–water partition coefficient (Wildman–Crippen LogP) is 2.72. The minimum absolute atomic E-state index is 0.156. The highest BCUT2D eigenvalue weighted by atomic mass is 15.3. The van der Waals surface area contributed by atoms with Crippen molar-refractivity contribution in [1.29, 1.82) is 0 Å². The molecule has 1 heterocycles. The summed E-state index contributed by atoms with van der Waals surface area (Å²) in [6, 6.07) is 7.54. The second-order valence-electron chi connectivity index (χ2n) is 6.66. The zero-order valence-corrected chi connectivity index (χ0v) is 14.1. The Morgan fingerprint density at radius 1 is 1.19 bits per heavy atom. The molecule has 0 bridgehead atoms. The smallest absolute Gasteiger partial charge is 0.0307 e. The maximum absolute atomic E-state index is 6.41. The van der Waals surface area contributed by atoms with Gasteiger partial charge in [-0.15, -0.1) is 0 Å². The van der Waals surface area contributed by atoms with E-state index in [2.05, 4.69) is 55.8 Å². The fourth-order valence-electron chi connectivity index (χ4n) is 3.37. The fraction of sp³-hybridized carbons (Fsp3) is 0.667. The van der Waals surface area contributed by atoms with E-state index in [0.717, 1.165) is 13.0 Å². The van der Waals surface area contributed by atoms with E-state index < -0.39 is 0 Å². The summed E-state index contributed by atoms with van der Waals surface area (Å²) in [7, 11) is 2.24. The lowest BCUT2D eigenvalue weighted by Gasteiger charge is -2.39. The van der Waals surface area contributed by atoms with Gasteiger partial charge in [-0.05, 0) is 39.3 Å². The highest BCUT2D eigenvalue weighted by molar-refractivity contribution is 5.30. The summed E-state index contributed by atoms with van der Waals surface area (Å²) in [6.07, 6.45) is 2.28. The van der Waals surface area contributed by atoms with E-state index in [1.54, 1.807) is 0 Å². The number of nitrogens with zero attached hydrogens (tertiary/aromatic N) is 2. The first-order valence-electron chi connectivity index (χ1n) is 8.26. The molecule has 3 nitrogen and oxygen atoms in total.